The molecule has 2 heteroatoms. The summed E-state index contributed by atoms with van der Waals surface area (Å²) in [6, 6.07) is 13.7. The molecule has 0 bridgehead atoms. The van der Waals surface area contributed by atoms with Crippen LogP contribution in [-0.4, -0.2) is 9.97 Å². The second kappa shape index (κ2) is 7.80. The number of fused-ring (bicyclic) bond motifs is 1. The normalized spacial score (nSPS) is 13.7. The molecule has 0 aliphatic carbocycles. The third-order valence-corrected chi connectivity index (χ3v) is 6.91. The number of aromatic nitrogens is 2. The maximum Gasteiger partial charge on any atom is 0.0460 e. The van der Waals surface area contributed by atoms with Crippen molar-refractivity contribution < 1.29 is 0 Å². The van der Waals surface area contributed by atoms with E-state index >= 15 is 0 Å². The van der Waals surface area contributed by atoms with Crippen molar-refractivity contribution in [3.05, 3.63) is 65.1 Å². The van der Waals surface area contributed by atoms with Crippen LogP contribution in [0, 0.1) is 0 Å². The van der Waals surface area contributed by atoms with Crippen LogP contribution < -0.4 is 0 Å². The fraction of sp³-hybridized carbons (Fsp3) is 0.552. The topological polar surface area (TPSA) is 28.7 Å². The Labute approximate surface area is 189 Å². The SMILES string of the molecule is CC(C)(C)c1ccc(C(C)(C)CCC(C)(C)c2ccc3[nH]c(C(C)(C)C)cc3c2)nc1. The lowest BCUT2D eigenvalue weighted by Crippen LogP contribution is -2.25. The van der Waals surface area contributed by atoms with Gasteiger partial charge in [-0.3, -0.25) is 4.98 Å². The van der Waals surface area contributed by atoms with Gasteiger partial charge in [0.05, 0.1) is 0 Å². The summed E-state index contributed by atoms with van der Waals surface area (Å²) in [5, 5.41) is 1.31. The molecule has 0 aliphatic heterocycles. The van der Waals surface area contributed by atoms with Crippen LogP contribution in [0.3, 0.4) is 0 Å². The van der Waals surface area contributed by atoms with Crippen LogP contribution in [-0.2, 0) is 21.7 Å². The average Bonchev–Trinajstić information content (AvgIpc) is 3.10. The number of nitrogens with zero attached hydrogens (tertiary/aromatic N) is 1. The molecule has 3 aromatic rings. The molecule has 1 N–H and O–H groups in total. The van der Waals surface area contributed by atoms with E-state index < -0.39 is 0 Å². The fourth-order valence-electron chi connectivity index (χ4n) is 4.09. The molecule has 0 radical (unpaired) electrons. The van der Waals surface area contributed by atoms with E-state index in [2.05, 4.69) is 117 Å². The maximum atomic E-state index is 4.85. The molecule has 0 saturated heterocycles. The quantitative estimate of drug-likeness (QED) is 0.444. The third-order valence-electron chi connectivity index (χ3n) is 6.91. The third kappa shape index (κ3) is 5.22. The number of nitrogens with one attached hydrogen (secondary N) is 1. The molecule has 1 aromatic carbocycles. The first kappa shape index (κ1) is 23.6. The van der Waals surface area contributed by atoms with Gasteiger partial charge in [-0.05, 0) is 64.5 Å². The second-order valence-electron chi connectivity index (χ2n) is 12.7. The summed E-state index contributed by atoms with van der Waals surface area (Å²) < 4.78 is 0. The van der Waals surface area contributed by atoms with Gasteiger partial charge in [0, 0.05) is 33.9 Å². The predicted molar refractivity (Wildman–Crippen MR) is 135 cm³/mol. The standard InChI is InChI=1S/C29H42N2/c1-26(2,3)22-12-14-24(30-19-22)29(9,10)16-15-28(7,8)21-11-13-23-20(17-21)18-25(31-23)27(4,5)6/h11-14,17-19,31H,15-16H2,1-10H3. The number of benzene rings is 1. The minimum atomic E-state index is 0.0469. The van der Waals surface area contributed by atoms with Gasteiger partial charge < -0.3 is 4.98 Å². The molecule has 2 heterocycles. The minimum absolute atomic E-state index is 0.0469. The molecule has 3 rings (SSSR count). The zero-order valence-corrected chi connectivity index (χ0v) is 21.4. The van der Waals surface area contributed by atoms with Crippen LogP contribution in [0.1, 0.15) is 105 Å². The van der Waals surface area contributed by atoms with Gasteiger partial charge in [0.25, 0.3) is 0 Å². The monoisotopic (exact) mass is 418 g/mol. The molecule has 0 unspecified atom stereocenters. The zero-order chi connectivity index (χ0) is 23.2. The van der Waals surface area contributed by atoms with E-state index in [-0.39, 0.29) is 21.7 Å². The molecule has 2 aromatic heterocycles. The number of rotatable bonds is 5. The van der Waals surface area contributed by atoms with Gasteiger partial charge in [0.15, 0.2) is 0 Å². The first-order valence-corrected chi connectivity index (χ1v) is 11.7. The molecule has 0 spiro atoms. The van der Waals surface area contributed by atoms with Crippen molar-refractivity contribution >= 4 is 10.9 Å². The van der Waals surface area contributed by atoms with Crippen LogP contribution in [0.2, 0.25) is 0 Å². The molecule has 0 amide bonds. The highest BCUT2D eigenvalue weighted by molar-refractivity contribution is 5.81. The summed E-state index contributed by atoms with van der Waals surface area (Å²) in [7, 11) is 0. The van der Waals surface area contributed by atoms with E-state index in [9.17, 15) is 0 Å². The van der Waals surface area contributed by atoms with Gasteiger partial charge in [0.2, 0.25) is 0 Å². The number of hydrogen-bond donors (Lipinski definition) is 1. The highest BCUT2D eigenvalue weighted by Crippen LogP contribution is 2.37. The summed E-state index contributed by atoms with van der Waals surface area (Å²) in [6.45, 7) is 22.9. The molecule has 0 atom stereocenters. The zero-order valence-electron chi connectivity index (χ0n) is 21.4. The molecular weight excluding hydrogens is 376 g/mol. The van der Waals surface area contributed by atoms with Crippen molar-refractivity contribution in [3.63, 3.8) is 0 Å². The molecule has 2 nitrogen and oxygen atoms in total. The van der Waals surface area contributed by atoms with E-state index in [1.165, 1.54) is 33.4 Å². The van der Waals surface area contributed by atoms with Gasteiger partial charge in [-0.2, -0.15) is 0 Å². The number of pyridine rings is 1. The van der Waals surface area contributed by atoms with Gasteiger partial charge in [-0.1, -0.05) is 81.4 Å². The first-order chi connectivity index (χ1) is 14.1. The smallest absolute Gasteiger partial charge is 0.0460 e. The van der Waals surface area contributed by atoms with E-state index in [4.69, 9.17) is 4.98 Å². The lowest BCUT2D eigenvalue weighted by atomic mass is 9.73. The Morgan fingerprint density at radius 1 is 0.677 bits per heavy atom. The van der Waals surface area contributed by atoms with Crippen LogP contribution in [0.25, 0.3) is 10.9 Å². The Kier molecular flexibility index (Phi) is 5.93. The van der Waals surface area contributed by atoms with Crippen LogP contribution >= 0.6 is 0 Å². The van der Waals surface area contributed by atoms with Crippen molar-refractivity contribution in [2.75, 3.05) is 0 Å². The molecule has 0 fully saturated rings. The predicted octanol–water partition coefficient (Wildman–Crippen LogP) is 8.19. The summed E-state index contributed by atoms with van der Waals surface area (Å²) in [5.74, 6) is 0. The highest BCUT2D eigenvalue weighted by atomic mass is 14.7. The van der Waals surface area contributed by atoms with E-state index in [1.54, 1.807) is 0 Å². The Morgan fingerprint density at radius 3 is 1.84 bits per heavy atom. The summed E-state index contributed by atoms with van der Waals surface area (Å²) >= 11 is 0. The van der Waals surface area contributed by atoms with Crippen molar-refractivity contribution in [2.24, 2.45) is 0 Å². The molecule has 0 aliphatic rings. The van der Waals surface area contributed by atoms with Gasteiger partial charge in [-0.25, -0.2) is 0 Å². The number of aromatic amines is 1. The Morgan fingerprint density at radius 2 is 1.29 bits per heavy atom. The van der Waals surface area contributed by atoms with Crippen LogP contribution in [0.5, 0.6) is 0 Å². The van der Waals surface area contributed by atoms with Crippen molar-refractivity contribution in [1.29, 1.82) is 0 Å². The van der Waals surface area contributed by atoms with Crippen molar-refractivity contribution in [3.8, 4) is 0 Å². The highest BCUT2D eigenvalue weighted by Gasteiger charge is 2.29. The lowest BCUT2D eigenvalue weighted by Gasteiger charge is -2.32. The number of hydrogen-bond acceptors (Lipinski definition) is 1. The van der Waals surface area contributed by atoms with Gasteiger partial charge in [-0.15, -0.1) is 0 Å². The largest absolute Gasteiger partial charge is 0.358 e. The average molecular weight is 419 g/mol. The summed E-state index contributed by atoms with van der Waals surface area (Å²) in [6.07, 6.45) is 4.28. The summed E-state index contributed by atoms with van der Waals surface area (Å²) in [4.78, 5) is 8.45. The van der Waals surface area contributed by atoms with E-state index in [0.29, 0.717) is 0 Å². The maximum absolute atomic E-state index is 4.85. The Hall–Kier alpha value is -2.09. The van der Waals surface area contributed by atoms with Crippen molar-refractivity contribution in [2.45, 2.75) is 104 Å². The fourth-order valence-corrected chi connectivity index (χ4v) is 4.09. The molecule has 0 saturated carbocycles. The molecule has 168 valence electrons. The summed E-state index contributed by atoms with van der Waals surface area (Å²) in [5.41, 5.74) is 6.84. The van der Waals surface area contributed by atoms with E-state index in [0.717, 1.165) is 12.8 Å². The molecule has 31 heavy (non-hydrogen) atoms. The van der Waals surface area contributed by atoms with Crippen LogP contribution in [0.4, 0.5) is 0 Å². The number of H-pyrrole nitrogens is 1. The van der Waals surface area contributed by atoms with Crippen molar-refractivity contribution in [1.82, 2.24) is 9.97 Å². The van der Waals surface area contributed by atoms with Crippen LogP contribution in [0.15, 0.2) is 42.6 Å². The Bertz CT molecular complexity index is 1040. The molecular formula is C29H42N2. The lowest BCUT2D eigenvalue weighted by molar-refractivity contribution is 0.369. The second-order valence-corrected chi connectivity index (χ2v) is 12.7. The van der Waals surface area contributed by atoms with Gasteiger partial charge in [0.1, 0.15) is 0 Å². The Balaban J connectivity index is 1.78. The van der Waals surface area contributed by atoms with Gasteiger partial charge >= 0.3 is 0 Å². The van der Waals surface area contributed by atoms with E-state index in [1.807, 2.05) is 0 Å². The first-order valence-electron chi connectivity index (χ1n) is 11.7. The minimum Gasteiger partial charge on any atom is -0.358 e.